The number of hydrogen-bond donors (Lipinski definition) is 0. The number of aromatic nitrogens is 1. The second-order valence-electron chi connectivity index (χ2n) is 6.86. The van der Waals surface area contributed by atoms with E-state index in [1.54, 1.807) is 0 Å². The van der Waals surface area contributed by atoms with Crippen LogP contribution in [0.5, 0.6) is 0 Å². The van der Waals surface area contributed by atoms with Gasteiger partial charge in [-0.1, -0.05) is 62.4 Å². The molecule has 0 aliphatic carbocycles. The lowest BCUT2D eigenvalue weighted by atomic mass is 10.0. The van der Waals surface area contributed by atoms with Gasteiger partial charge in [0, 0.05) is 10.9 Å². The third-order valence-corrected chi connectivity index (χ3v) is 5.11. The van der Waals surface area contributed by atoms with E-state index in [9.17, 15) is 5.26 Å². The van der Waals surface area contributed by atoms with Crippen molar-refractivity contribution < 1.29 is 0 Å². The van der Waals surface area contributed by atoms with Gasteiger partial charge < -0.3 is 0 Å². The van der Waals surface area contributed by atoms with Crippen molar-refractivity contribution in [2.45, 2.75) is 27.2 Å². The summed E-state index contributed by atoms with van der Waals surface area (Å²) in [5.41, 5.74) is 6.17. The standard InChI is InChI=1S/C23H22N2S/c1-16(2)12-18-8-10-19(11-9-18)22-15-26-23(25-22)21(14-24)13-20-7-5-4-6-17(20)3/h4-11,13,15-16H,12H2,1-3H3/b21-13+. The number of thiazole rings is 1. The second kappa shape index (κ2) is 8.12. The molecule has 0 aliphatic rings. The average molecular weight is 359 g/mol. The number of nitriles is 1. The first-order valence-electron chi connectivity index (χ1n) is 8.79. The Bertz CT molecular complexity index is 956. The number of benzene rings is 2. The molecule has 0 amide bonds. The van der Waals surface area contributed by atoms with Gasteiger partial charge in [-0.05, 0) is 42.0 Å². The van der Waals surface area contributed by atoms with Crippen LogP contribution < -0.4 is 0 Å². The summed E-state index contributed by atoms with van der Waals surface area (Å²) in [4.78, 5) is 4.70. The molecular formula is C23H22N2S. The van der Waals surface area contributed by atoms with Crippen LogP contribution in [0.4, 0.5) is 0 Å². The van der Waals surface area contributed by atoms with E-state index in [0.717, 1.165) is 33.8 Å². The molecule has 0 aliphatic heterocycles. The van der Waals surface area contributed by atoms with Crippen LogP contribution in [0.1, 0.15) is 35.5 Å². The molecule has 1 aromatic heterocycles. The van der Waals surface area contributed by atoms with Gasteiger partial charge in [-0.15, -0.1) is 11.3 Å². The summed E-state index contributed by atoms with van der Waals surface area (Å²) < 4.78 is 0. The summed E-state index contributed by atoms with van der Waals surface area (Å²) in [5.74, 6) is 0.650. The Morgan fingerprint density at radius 3 is 2.54 bits per heavy atom. The molecule has 26 heavy (non-hydrogen) atoms. The first kappa shape index (κ1) is 18.1. The number of aryl methyl sites for hydroxylation is 1. The van der Waals surface area contributed by atoms with Crippen molar-refractivity contribution in [2.24, 2.45) is 5.92 Å². The lowest BCUT2D eigenvalue weighted by Crippen LogP contribution is -1.93. The minimum Gasteiger partial charge on any atom is -0.235 e. The maximum atomic E-state index is 9.58. The van der Waals surface area contributed by atoms with Gasteiger partial charge in [0.05, 0.1) is 11.3 Å². The SMILES string of the molecule is Cc1ccccc1/C=C(\C#N)c1nc(-c2ccc(CC(C)C)cc2)cs1. The van der Waals surface area contributed by atoms with E-state index in [0.29, 0.717) is 11.5 Å². The maximum Gasteiger partial charge on any atom is 0.134 e. The van der Waals surface area contributed by atoms with Crippen molar-refractivity contribution in [2.75, 3.05) is 0 Å². The van der Waals surface area contributed by atoms with Crippen molar-refractivity contribution >= 4 is 23.0 Å². The number of nitrogens with zero attached hydrogens (tertiary/aromatic N) is 2. The normalized spacial score (nSPS) is 11.6. The predicted molar refractivity (Wildman–Crippen MR) is 111 cm³/mol. The van der Waals surface area contributed by atoms with Gasteiger partial charge in [-0.3, -0.25) is 0 Å². The molecule has 0 spiro atoms. The molecule has 2 nitrogen and oxygen atoms in total. The molecule has 130 valence electrons. The highest BCUT2D eigenvalue weighted by atomic mass is 32.1. The first-order chi connectivity index (χ1) is 12.6. The third kappa shape index (κ3) is 4.28. The van der Waals surface area contributed by atoms with Gasteiger partial charge in [-0.25, -0.2) is 4.98 Å². The Morgan fingerprint density at radius 1 is 1.15 bits per heavy atom. The molecule has 0 fully saturated rings. The lowest BCUT2D eigenvalue weighted by Gasteiger charge is -2.05. The molecule has 0 saturated carbocycles. The summed E-state index contributed by atoms with van der Waals surface area (Å²) in [7, 11) is 0. The van der Waals surface area contributed by atoms with Crippen molar-refractivity contribution in [3.8, 4) is 17.3 Å². The highest BCUT2D eigenvalue weighted by Crippen LogP contribution is 2.28. The summed E-state index contributed by atoms with van der Waals surface area (Å²) in [5, 5.41) is 12.4. The van der Waals surface area contributed by atoms with Crippen molar-refractivity contribution in [1.29, 1.82) is 5.26 Å². The summed E-state index contributed by atoms with van der Waals surface area (Å²) >= 11 is 1.52. The molecule has 2 aromatic carbocycles. The topological polar surface area (TPSA) is 36.7 Å². The van der Waals surface area contributed by atoms with Crippen molar-refractivity contribution in [1.82, 2.24) is 4.98 Å². The molecule has 0 atom stereocenters. The van der Waals surface area contributed by atoms with E-state index in [2.05, 4.69) is 44.2 Å². The maximum absolute atomic E-state index is 9.58. The highest BCUT2D eigenvalue weighted by Gasteiger charge is 2.10. The Labute approximate surface area is 159 Å². The molecule has 0 radical (unpaired) electrons. The smallest absolute Gasteiger partial charge is 0.134 e. The predicted octanol–water partition coefficient (Wildman–Crippen LogP) is 6.38. The first-order valence-corrected chi connectivity index (χ1v) is 9.67. The van der Waals surface area contributed by atoms with E-state index in [-0.39, 0.29) is 0 Å². The molecule has 0 bridgehead atoms. The van der Waals surface area contributed by atoms with E-state index < -0.39 is 0 Å². The minimum atomic E-state index is 0.604. The molecule has 0 N–H and O–H groups in total. The highest BCUT2D eigenvalue weighted by molar-refractivity contribution is 7.11. The molecular weight excluding hydrogens is 336 g/mol. The molecule has 3 rings (SSSR count). The van der Waals surface area contributed by atoms with E-state index in [1.807, 2.05) is 42.6 Å². The van der Waals surface area contributed by atoms with Gasteiger partial charge in [0.25, 0.3) is 0 Å². The molecule has 0 saturated heterocycles. The summed E-state index contributed by atoms with van der Waals surface area (Å²) in [6.07, 6.45) is 3.00. The third-order valence-electron chi connectivity index (χ3n) is 4.24. The van der Waals surface area contributed by atoms with Crippen LogP contribution in [0.15, 0.2) is 53.9 Å². The second-order valence-corrected chi connectivity index (χ2v) is 7.72. The Morgan fingerprint density at radius 2 is 1.88 bits per heavy atom. The van der Waals surface area contributed by atoms with Crippen LogP contribution in [0.2, 0.25) is 0 Å². The van der Waals surface area contributed by atoms with Gasteiger partial charge >= 0.3 is 0 Å². The zero-order valence-electron chi connectivity index (χ0n) is 15.4. The minimum absolute atomic E-state index is 0.604. The molecule has 1 heterocycles. The molecule has 3 aromatic rings. The van der Waals surface area contributed by atoms with Crippen LogP contribution in [-0.4, -0.2) is 4.98 Å². The van der Waals surface area contributed by atoms with E-state index >= 15 is 0 Å². The van der Waals surface area contributed by atoms with Crippen LogP contribution in [-0.2, 0) is 6.42 Å². The van der Waals surface area contributed by atoms with Crippen molar-refractivity contribution in [3.63, 3.8) is 0 Å². The van der Waals surface area contributed by atoms with Crippen LogP contribution in [0, 0.1) is 24.2 Å². The molecule has 3 heteroatoms. The number of allylic oxidation sites excluding steroid dienone is 1. The Kier molecular flexibility index (Phi) is 5.65. The molecule has 0 unspecified atom stereocenters. The zero-order chi connectivity index (χ0) is 18.5. The van der Waals surface area contributed by atoms with Gasteiger partial charge in [-0.2, -0.15) is 5.26 Å². The summed E-state index contributed by atoms with van der Waals surface area (Å²) in [6, 6.07) is 18.9. The summed E-state index contributed by atoms with van der Waals surface area (Å²) in [6.45, 7) is 6.50. The largest absolute Gasteiger partial charge is 0.235 e. The van der Waals surface area contributed by atoms with Crippen LogP contribution in [0.25, 0.3) is 22.9 Å². The van der Waals surface area contributed by atoms with Crippen molar-refractivity contribution in [3.05, 3.63) is 75.6 Å². The Balaban J connectivity index is 1.87. The van der Waals surface area contributed by atoms with Crippen LogP contribution in [0.3, 0.4) is 0 Å². The van der Waals surface area contributed by atoms with Crippen LogP contribution >= 0.6 is 11.3 Å². The lowest BCUT2D eigenvalue weighted by molar-refractivity contribution is 0.647. The van der Waals surface area contributed by atoms with Gasteiger partial charge in [0.1, 0.15) is 11.1 Å². The Hall–Kier alpha value is -2.70. The fraction of sp³-hybridized carbons (Fsp3) is 0.217. The number of hydrogen-bond acceptors (Lipinski definition) is 3. The zero-order valence-corrected chi connectivity index (χ0v) is 16.2. The quantitative estimate of drug-likeness (QED) is 0.496. The average Bonchev–Trinajstić information content (AvgIpc) is 3.11. The van der Waals surface area contributed by atoms with Gasteiger partial charge in [0.15, 0.2) is 0 Å². The van der Waals surface area contributed by atoms with E-state index in [1.165, 1.54) is 16.9 Å². The fourth-order valence-electron chi connectivity index (χ4n) is 2.86. The van der Waals surface area contributed by atoms with E-state index in [4.69, 9.17) is 4.98 Å². The number of rotatable bonds is 5. The monoisotopic (exact) mass is 358 g/mol. The van der Waals surface area contributed by atoms with Gasteiger partial charge in [0.2, 0.25) is 0 Å². The fourth-order valence-corrected chi connectivity index (χ4v) is 3.65.